The lowest BCUT2D eigenvalue weighted by Crippen LogP contribution is -2.24. The molecule has 0 bridgehead atoms. The van der Waals surface area contributed by atoms with Crippen LogP contribution in [0.2, 0.25) is 0 Å². The molecule has 0 aliphatic carbocycles. The van der Waals surface area contributed by atoms with Gasteiger partial charge in [0.1, 0.15) is 0 Å². The van der Waals surface area contributed by atoms with E-state index in [1.165, 1.54) is 6.42 Å². The Morgan fingerprint density at radius 2 is 1.62 bits per heavy atom. The molecular weight excluding hydrogens is 156 g/mol. The molecule has 0 aromatic rings. The third-order valence-electron chi connectivity index (χ3n) is 3.03. The van der Waals surface area contributed by atoms with Crippen molar-refractivity contribution < 1.29 is 0 Å². The molecule has 1 atom stereocenters. The lowest BCUT2D eigenvalue weighted by Gasteiger charge is -2.34. The van der Waals surface area contributed by atoms with Crippen molar-refractivity contribution >= 4 is 0 Å². The molecule has 0 aliphatic rings. The molecule has 0 aromatic heterocycles. The van der Waals surface area contributed by atoms with Gasteiger partial charge in [0.15, 0.2) is 0 Å². The first-order valence-electron chi connectivity index (χ1n) is 5.30. The number of hydrogen-bond donors (Lipinski definition) is 0. The molecule has 0 nitrogen and oxygen atoms in total. The molecule has 0 rings (SSSR count). The van der Waals surface area contributed by atoms with Gasteiger partial charge < -0.3 is 0 Å². The van der Waals surface area contributed by atoms with Crippen LogP contribution in [0.15, 0.2) is 12.7 Å². The second-order valence-electron chi connectivity index (χ2n) is 6.13. The summed E-state index contributed by atoms with van der Waals surface area (Å²) < 4.78 is 0. The average molecular weight is 182 g/mol. The van der Waals surface area contributed by atoms with Gasteiger partial charge in [-0.15, -0.1) is 6.58 Å². The highest BCUT2D eigenvalue weighted by Gasteiger charge is 2.26. The fraction of sp³-hybridized carbons (Fsp3) is 0.846. The first-order valence-corrected chi connectivity index (χ1v) is 5.30. The summed E-state index contributed by atoms with van der Waals surface area (Å²) in [5.41, 5.74) is 0.840. The quantitative estimate of drug-likeness (QED) is 0.555. The van der Waals surface area contributed by atoms with Gasteiger partial charge in [-0.3, -0.25) is 0 Å². The topological polar surface area (TPSA) is 0 Å². The van der Waals surface area contributed by atoms with Gasteiger partial charge in [0.05, 0.1) is 0 Å². The van der Waals surface area contributed by atoms with E-state index in [0.29, 0.717) is 10.8 Å². The van der Waals surface area contributed by atoms with Crippen molar-refractivity contribution in [3.8, 4) is 0 Å². The monoisotopic (exact) mass is 182 g/mol. The summed E-state index contributed by atoms with van der Waals surface area (Å²) in [5, 5.41) is 0. The largest absolute Gasteiger partial charge is 0.103 e. The maximum Gasteiger partial charge on any atom is -0.0302 e. The van der Waals surface area contributed by atoms with Gasteiger partial charge in [0.25, 0.3) is 0 Å². The lowest BCUT2D eigenvalue weighted by molar-refractivity contribution is 0.172. The van der Waals surface area contributed by atoms with Gasteiger partial charge >= 0.3 is 0 Å². The van der Waals surface area contributed by atoms with Crippen molar-refractivity contribution in [3.63, 3.8) is 0 Å². The van der Waals surface area contributed by atoms with E-state index in [0.717, 1.165) is 12.3 Å². The highest BCUT2D eigenvalue weighted by molar-refractivity contribution is 4.83. The van der Waals surface area contributed by atoms with Gasteiger partial charge in [0, 0.05) is 0 Å². The Balaban J connectivity index is 4.18. The van der Waals surface area contributed by atoms with Crippen LogP contribution in [-0.4, -0.2) is 0 Å². The Kier molecular flexibility index (Phi) is 4.22. The van der Waals surface area contributed by atoms with E-state index in [2.05, 4.69) is 48.1 Å². The van der Waals surface area contributed by atoms with E-state index in [1.54, 1.807) is 0 Å². The third kappa shape index (κ3) is 5.13. The van der Waals surface area contributed by atoms with E-state index in [9.17, 15) is 0 Å². The lowest BCUT2D eigenvalue weighted by atomic mass is 9.71. The summed E-state index contributed by atoms with van der Waals surface area (Å²) in [7, 11) is 0. The van der Waals surface area contributed by atoms with Crippen LogP contribution >= 0.6 is 0 Å². The van der Waals surface area contributed by atoms with Gasteiger partial charge in [-0.25, -0.2) is 0 Å². The molecule has 0 aromatic carbocycles. The minimum Gasteiger partial charge on any atom is -0.103 e. The predicted octanol–water partition coefficient (Wildman–Crippen LogP) is 4.66. The van der Waals surface area contributed by atoms with Crippen LogP contribution in [0.25, 0.3) is 0 Å². The standard InChI is InChI=1S/C13H26/c1-8-9-13(6,7)10-11(2)12(3,4)5/h8,11H,1,9-10H2,2-7H3. The van der Waals surface area contributed by atoms with E-state index in [1.807, 2.05) is 6.08 Å². The van der Waals surface area contributed by atoms with Crippen LogP contribution in [-0.2, 0) is 0 Å². The highest BCUT2D eigenvalue weighted by atomic mass is 14.3. The van der Waals surface area contributed by atoms with Crippen molar-refractivity contribution in [1.29, 1.82) is 0 Å². The maximum atomic E-state index is 3.82. The molecule has 0 heterocycles. The van der Waals surface area contributed by atoms with Crippen molar-refractivity contribution in [2.75, 3.05) is 0 Å². The molecule has 0 spiro atoms. The van der Waals surface area contributed by atoms with Crippen LogP contribution in [0.5, 0.6) is 0 Å². The molecule has 78 valence electrons. The van der Waals surface area contributed by atoms with Gasteiger partial charge in [-0.1, -0.05) is 47.6 Å². The molecular formula is C13H26. The van der Waals surface area contributed by atoms with Crippen molar-refractivity contribution in [2.45, 2.75) is 54.4 Å². The van der Waals surface area contributed by atoms with Gasteiger partial charge in [-0.05, 0) is 29.6 Å². The first kappa shape index (κ1) is 12.7. The number of hydrogen-bond acceptors (Lipinski definition) is 0. The Labute approximate surface area is 84.4 Å². The Hall–Kier alpha value is -0.260. The highest BCUT2D eigenvalue weighted by Crippen LogP contribution is 2.37. The zero-order valence-corrected chi connectivity index (χ0v) is 10.3. The fourth-order valence-electron chi connectivity index (χ4n) is 1.61. The minimum absolute atomic E-state index is 0.411. The molecule has 0 fully saturated rings. The smallest absolute Gasteiger partial charge is 0.0302 e. The van der Waals surface area contributed by atoms with Crippen molar-refractivity contribution in [3.05, 3.63) is 12.7 Å². The van der Waals surface area contributed by atoms with Crippen LogP contribution < -0.4 is 0 Å². The predicted molar refractivity (Wildman–Crippen MR) is 61.8 cm³/mol. The fourth-order valence-corrected chi connectivity index (χ4v) is 1.61. The van der Waals surface area contributed by atoms with Crippen molar-refractivity contribution in [2.24, 2.45) is 16.7 Å². The summed E-state index contributed by atoms with van der Waals surface area (Å²) in [4.78, 5) is 0. The molecule has 0 aliphatic heterocycles. The maximum absolute atomic E-state index is 3.82. The first-order chi connectivity index (χ1) is 5.69. The Morgan fingerprint density at radius 1 is 1.15 bits per heavy atom. The second kappa shape index (κ2) is 4.30. The van der Waals surface area contributed by atoms with E-state index in [-0.39, 0.29) is 0 Å². The zero-order chi connectivity index (χ0) is 10.7. The minimum atomic E-state index is 0.411. The van der Waals surface area contributed by atoms with Crippen LogP contribution in [0.4, 0.5) is 0 Å². The van der Waals surface area contributed by atoms with Crippen molar-refractivity contribution in [1.82, 2.24) is 0 Å². The van der Waals surface area contributed by atoms with Crippen LogP contribution in [0.3, 0.4) is 0 Å². The van der Waals surface area contributed by atoms with Crippen LogP contribution in [0.1, 0.15) is 54.4 Å². The molecule has 0 saturated heterocycles. The second-order valence-corrected chi connectivity index (χ2v) is 6.13. The molecule has 0 radical (unpaired) electrons. The molecule has 0 N–H and O–H groups in total. The van der Waals surface area contributed by atoms with E-state index < -0.39 is 0 Å². The molecule has 0 amide bonds. The number of allylic oxidation sites excluding steroid dienone is 1. The summed E-state index contributed by atoms with van der Waals surface area (Å²) in [6.45, 7) is 17.8. The van der Waals surface area contributed by atoms with E-state index in [4.69, 9.17) is 0 Å². The Morgan fingerprint density at radius 3 is 1.92 bits per heavy atom. The molecule has 0 saturated carbocycles. The summed E-state index contributed by atoms with van der Waals surface area (Å²) in [6.07, 6.45) is 4.44. The number of rotatable bonds is 4. The van der Waals surface area contributed by atoms with E-state index >= 15 is 0 Å². The zero-order valence-electron chi connectivity index (χ0n) is 10.3. The molecule has 1 unspecified atom stereocenters. The third-order valence-corrected chi connectivity index (χ3v) is 3.03. The normalized spacial score (nSPS) is 15.5. The average Bonchev–Trinajstić information content (AvgIpc) is 1.83. The molecule has 0 heteroatoms. The van der Waals surface area contributed by atoms with Crippen LogP contribution in [0, 0.1) is 16.7 Å². The molecule has 13 heavy (non-hydrogen) atoms. The SMILES string of the molecule is C=CCC(C)(C)CC(C)C(C)(C)C. The van der Waals surface area contributed by atoms with Gasteiger partial charge in [-0.2, -0.15) is 0 Å². The summed E-state index contributed by atoms with van der Waals surface area (Å²) in [5.74, 6) is 0.766. The van der Waals surface area contributed by atoms with Gasteiger partial charge in [0.2, 0.25) is 0 Å². The summed E-state index contributed by atoms with van der Waals surface area (Å²) >= 11 is 0. The summed E-state index contributed by atoms with van der Waals surface area (Å²) in [6, 6.07) is 0. The Bertz CT molecular complexity index is 157.